The maximum absolute atomic E-state index is 10.7. The van der Waals surface area contributed by atoms with Crippen molar-refractivity contribution in [1.82, 2.24) is 0 Å². The van der Waals surface area contributed by atoms with E-state index >= 15 is 0 Å². The second-order valence-electron chi connectivity index (χ2n) is 4.32. The fourth-order valence-corrected chi connectivity index (χ4v) is 1.78. The normalized spacial score (nSPS) is 10.7. The lowest BCUT2D eigenvalue weighted by Gasteiger charge is -2.02. The number of methoxy groups -OCH3 is 1. The highest BCUT2D eigenvalue weighted by atomic mass is 16.6. The van der Waals surface area contributed by atoms with Crippen LogP contribution in [0.1, 0.15) is 11.1 Å². The van der Waals surface area contributed by atoms with Gasteiger partial charge in [-0.3, -0.25) is 15.1 Å². The Bertz CT molecular complexity index is 683. The van der Waals surface area contributed by atoms with Crippen LogP contribution in [0.3, 0.4) is 0 Å². The minimum Gasteiger partial charge on any atom is -0.507 e. The molecule has 0 fully saturated rings. The Morgan fingerprint density at radius 1 is 1.33 bits per heavy atom. The van der Waals surface area contributed by atoms with Crippen molar-refractivity contribution in [2.75, 3.05) is 7.11 Å². The van der Waals surface area contributed by atoms with Gasteiger partial charge in [0.1, 0.15) is 11.5 Å². The molecule has 0 saturated carbocycles. The molecule has 0 unspecified atom stereocenters. The van der Waals surface area contributed by atoms with Gasteiger partial charge in [-0.25, -0.2) is 0 Å². The van der Waals surface area contributed by atoms with Crippen LogP contribution in [-0.4, -0.2) is 23.4 Å². The molecule has 0 aliphatic carbocycles. The molecular weight excluding hydrogens is 272 g/mol. The van der Waals surface area contributed by atoms with Gasteiger partial charge in [-0.05, 0) is 23.8 Å². The van der Waals surface area contributed by atoms with Crippen LogP contribution in [0.2, 0.25) is 0 Å². The first kappa shape index (κ1) is 14.5. The highest BCUT2D eigenvalue weighted by Gasteiger charge is 2.08. The highest BCUT2D eigenvalue weighted by molar-refractivity contribution is 5.84. The molecule has 0 aromatic heterocycles. The van der Waals surface area contributed by atoms with Crippen LogP contribution in [0.5, 0.6) is 11.5 Å². The second-order valence-corrected chi connectivity index (χ2v) is 4.32. The summed E-state index contributed by atoms with van der Waals surface area (Å²) in [6.45, 7) is 0.388. The SMILES string of the molecule is COc1cccc(CN=Cc2cc([N+](=O)[O-])ccc2O)c1. The average molecular weight is 286 g/mol. The number of ether oxygens (including phenoxy) is 1. The van der Waals surface area contributed by atoms with Crippen molar-refractivity contribution in [3.8, 4) is 11.5 Å². The van der Waals surface area contributed by atoms with Gasteiger partial charge in [0.15, 0.2) is 0 Å². The Morgan fingerprint density at radius 3 is 2.86 bits per heavy atom. The Hall–Kier alpha value is -2.89. The third kappa shape index (κ3) is 3.79. The number of aliphatic imine (C=N–C) groups is 1. The number of phenols is 1. The molecule has 1 N–H and O–H groups in total. The molecule has 0 amide bonds. The van der Waals surface area contributed by atoms with Gasteiger partial charge < -0.3 is 9.84 Å². The molecule has 6 heteroatoms. The van der Waals surface area contributed by atoms with E-state index in [0.717, 1.165) is 11.3 Å². The lowest BCUT2D eigenvalue weighted by Crippen LogP contribution is -1.91. The summed E-state index contributed by atoms with van der Waals surface area (Å²) in [7, 11) is 1.59. The number of nitro benzene ring substituents is 1. The number of non-ortho nitro benzene ring substituents is 1. The van der Waals surface area contributed by atoms with Gasteiger partial charge >= 0.3 is 0 Å². The van der Waals surface area contributed by atoms with E-state index in [1.165, 1.54) is 24.4 Å². The van der Waals surface area contributed by atoms with Crippen molar-refractivity contribution in [1.29, 1.82) is 0 Å². The van der Waals surface area contributed by atoms with E-state index in [4.69, 9.17) is 4.74 Å². The predicted octanol–water partition coefficient (Wildman–Crippen LogP) is 2.93. The third-order valence-electron chi connectivity index (χ3n) is 2.86. The lowest BCUT2D eigenvalue weighted by atomic mass is 10.2. The summed E-state index contributed by atoms with van der Waals surface area (Å²) in [5.74, 6) is 0.691. The molecule has 0 aliphatic heterocycles. The lowest BCUT2D eigenvalue weighted by molar-refractivity contribution is -0.384. The summed E-state index contributed by atoms with van der Waals surface area (Å²) in [5, 5.41) is 20.4. The van der Waals surface area contributed by atoms with E-state index in [-0.39, 0.29) is 11.4 Å². The first-order valence-electron chi connectivity index (χ1n) is 6.20. The number of hydrogen-bond acceptors (Lipinski definition) is 5. The van der Waals surface area contributed by atoms with Crippen LogP contribution < -0.4 is 4.74 Å². The average Bonchev–Trinajstić information content (AvgIpc) is 2.49. The standard InChI is InChI=1S/C15H14N2O4/c1-21-14-4-2-3-11(7-14)9-16-10-12-8-13(17(19)20)5-6-15(12)18/h2-8,10,18H,9H2,1H3. The quantitative estimate of drug-likeness (QED) is 0.520. The van der Waals surface area contributed by atoms with Crippen LogP contribution in [0, 0.1) is 10.1 Å². The summed E-state index contributed by atoms with van der Waals surface area (Å²) >= 11 is 0. The van der Waals surface area contributed by atoms with Crippen molar-refractivity contribution < 1.29 is 14.8 Å². The fraction of sp³-hybridized carbons (Fsp3) is 0.133. The van der Waals surface area contributed by atoms with E-state index in [1.54, 1.807) is 7.11 Å². The minimum absolute atomic E-state index is 0.0463. The second kappa shape index (κ2) is 6.51. The smallest absolute Gasteiger partial charge is 0.270 e. The van der Waals surface area contributed by atoms with Crippen LogP contribution in [0.4, 0.5) is 5.69 Å². The van der Waals surface area contributed by atoms with Crippen LogP contribution in [-0.2, 0) is 6.54 Å². The van der Waals surface area contributed by atoms with Crippen molar-refractivity contribution in [3.63, 3.8) is 0 Å². The van der Waals surface area contributed by atoms with Crippen LogP contribution >= 0.6 is 0 Å². The van der Waals surface area contributed by atoms with Crippen molar-refractivity contribution in [2.24, 2.45) is 4.99 Å². The van der Waals surface area contributed by atoms with Crippen LogP contribution in [0.25, 0.3) is 0 Å². The van der Waals surface area contributed by atoms with Crippen LogP contribution in [0.15, 0.2) is 47.5 Å². The van der Waals surface area contributed by atoms with Gasteiger partial charge in [0, 0.05) is 23.9 Å². The number of nitro groups is 1. The summed E-state index contributed by atoms with van der Waals surface area (Å²) in [5.41, 5.74) is 1.17. The van der Waals surface area contributed by atoms with E-state index in [0.29, 0.717) is 12.1 Å². The van der Waals surface area contributed by atoms with Gasteiger partial charge in [0.25, 0.3) is 5.69 Å². The van der Waals surface area contributed by atoms with E-state index in [2.05, 4.69) is 4.99 Å². The number of hydrogen-bond donors (Lipinski definition) is 1. The molecule has 0 spiro atoms. The molecule has 0 bridgehead atoms. The van der Waals surface area contributed by atoms with E-state index in [9.17, 15) is 15.2 Å². The monoisotopic (exact) mass is 286 g/mol. The fourth-order valence-electron chi connectivity index (χ4n) is 1.78. The predicted molar refractivity (Wildman–Crippen MR) is 79.1 cm³/mol. The molecule has 0 saturated heterocycles. The number of aromatic hydroxyl groups is 1. The van der Waals surface area contributed by atoms with Crippen molar-refractivity contribution in [3.05, 3.63) is 63.7 Å². The summed E-state index contributed by atoms with van der Waals surface area (Å²) in [4.78, 5) is 14.4. The molecule has 0 atom stereocenters. The third-order valence-corrected chi connectivity index (χ3v) is 2.86. The van der Waals surface area contributed by atoms with Gasteiger partial charge in [-0.2, -0.15) is 0 Å². The molecule has 0 radical (unpaired) electrons. The van der Waals surface area contributed by atoms with Crippen molar-refractivity contribution in [2.45, 2.75) is 6.54 Å². The summed E-state index contributed by atoms with van der Waals surface area (Å²) in [6.07, 6.45) is 1.42. The van der Waals surface area contributed by atoms with Gasteiger partial charge in [0.2, 0.25) is 0 Å². The zero-order valence-electron chi connectivity index (χ0n) is 11.4. The van der Waals surface area contributed by atoms with E-state index in [1.807, 2.05) is 24.3 Å². The maximum atomic E-state index is 10.7. The number of phenolic OH excluding ortho intramolecular Hbond substituents is 1. The molecule has 0 heterocycles. The Labute approximate surface area is 121 Å². The topological polar surface area (TPSA) is 85.0 Å². The molecular formula is C15H14N2O4. The maximum Gasteiger partial charge on any atom is 0.270 e. The molecule has 2 aromatic rings. The number of benzene rings is 2. The first-order valence-corrected chi connectivity index (χ1v) is 6.20. The summed E-state index contributed by atoms with van der Waals surface area (Å²) < 4.78 is 5.11. The number of nitrogens with zero attached hydrogens (tertiary/aromatic N) is 2. The first-order chi connectivity index (χ1) is 10.1. The summed E-state index contributed by atoms with van der Waals surface area (Å²) in [6, 6.07) is 11.2. The Kier molecular flexibility index (Phi) is 4.50. The molecule has 21 heavy (non-hydrogen) atoms. The zero-order valence-corrected chi connectivity index (χ0v) is 11.4. The van der Waals surface area contributed by atoms with E-state index < -0.39 is 4.92 Å². The Morgan fingerprint density at radius 2 is 2.14 bits per heavy atom. The number of rotatable bonds is 5. The Balaban J connectivity index is 2.13. The molecule has 2 rings (SSSR count). The van der Waals surface area contributed by atoms with Gasteiger partial charge in [-0.1, -0.05) is 12.1 Å². The zero-order chi connectivity index (χ0) is 15.2. The molecule has 2 aromatic carbocycles. The van der Waals surface area contributed by atoms with Gasteiger partial charge in [-0.15, -0.1) is 0 Å². The minimum atomic E-state index is -0.515. The van der Waals surface area contributed by atoms with Crippen molar-refractivity contribution >= 4 is 11.9 Å². The highest BCUT2D eigenvalue weighted by Crippen LogP contribution is 2.21. The largest absolute Gasteiger partial charge is 0.507 e. The van der Waals surface area contributed by atoms with Gasteiger partial charge in [0.05, 0.1) is 18.6 Å². The molecule has 108 valence electrons. The molecule has 6 nitrogen and oxygen atoms in total. The molecule has 0 aliphatic rings.